The monoisotopic (exact) mass is 280 g/mol. The average molecular weight is 280 g/mol. The fourth-order valence-electron chi connectivity index (χ4n) is 2.16. The molecule has 0 aromatic heterocycles. The summed E-state index contributed by atoms with van der Waals surface area (Å²) in [6, 6.07) is 7.57. The highest BCUT2D eigenvalue weighted by atomic mass is 32.2. The number of nitrogens with zero attached hydrogens (tertiary/aromatic N) is 1. The number of benzene rings is 1. The second-order valence-corrected chi connectivity index (χ2v) is 6.60. The van der Waals surface area contributed by atoms with E-state index in [1.807, 2.05) is 43.3 Å². The van der Waals surface area contributed by atoms with Gasteiger partial charge in [-0.25, -0.2) is 0 Å². The molecule has 0 spiro atoms. The van der Waals surface area contributed by atoms with Gasteiger partial charge in [-0.05, 0) is 48.3 Å². The summed E-state index contributed by atoms with van der Waals surface area (Å²) in [7, 11) is 3.93. The van der Waals surface area contributed by atoms with Crippen LogP contribution in [0.2, 0.25) is 0 Å². The summed E-state index contributed by atoms with van der Waals surface area (Å²) in [5.41, 5.74) is 1.06. The molecule has 1 aliphatic rings. The van der Waals surface area contributed by atoms with Gasteiger partial charge in [0.05, 0.1) is 0 Å². The van der Waals surface area contributed by atoms with Gasteiger partial charge >= 0.3 is 0 Å². The van der Waals surface area contributed by atoms with Gasteiger partial charge in [-0.3, -0.25) is 4.79 Å². The van der Waals surface area contributed by atoms with E-state index >= 15 is 0 Å². The first-order valence-electron chi connectivity index (χ1n) is 6.55. The molecule has 0 bridgehead atoms. The number of hydrogen-bond donors (Lipinski definition) is 1. The zero-order valence-corrected chi connectivity index (χ0v) is 12.2. The van der Waals surface area contributed by atoms with E-state index < -0.39 is 16.4 Å². The smallest absolute Gasteiger partial charge is 0.273 e. The summed E-state index contributed by atoms with van der Waals surface area (Å²) in [6.07, 6.45) is 2.62. The van der Waals surface area contributed by atoms with Crippen molar-refractivity contribution in [1.82, 2.24) is 5.32 Å². The summed E-state index contributed by atoms with van der Waals surface area (Å²) < 4.78 is 12.5. The van der Waals surface area contributed by atoms with Crippen LogP contribution in [0.5, 0.6) is 0 Å². The number of carbonyl (C=O) groups excluding carboxylic acids is 1. The number of anilines is 1. The van der Waals surface area contributed by atoms with Crippen molar-refractivity contribution >= 4 is 22.8 Å². The molecule has 5 heteroatoms. The van der Waals surface area contributed by atoms with Crippen molar-refractivity contribution in [2.75, 3.05) is 25.5 Å². The minimum Gasteiger partial charge on any atom is -0.611 e. The van der Waals surface area contributed by atoms with Gasteiger partial charge in [0.15, 0.2) is 10.1 Å². The molecule has 1 aromatic carbocycles. The van der Waals surface area contributed by atoms with Crippen LogP contribution in [0, 0.1) is 0 Å². The molecule has 1 amide bonds. The summed E-state index contributed by atoms with van der Waals surface area (Å²) in [4.78, 5) is 14.6. The highest BCUT2D eigenvalue weighted by Gasteiger charge is 2.32. The van der Waals surface area contributed by atoms with E-state index in [4.69, 9.17) is 0 Å². The van der Waals surface area contributed by atoms with E-state index in [9.17, 15) is 9.35 Å². The van der Waals surface area contributed by atoms with Crippen LogP contribution < -0.4 is 10.2 Å². The van der Waals surface area contributed by atoms with Gasteiger partial charge in [-0.2, -0.15) is 0 Å². The Morgan fingerprint density at radius 3 is 2.58 bits per heavy atom. The Hall–Kier alpha value is -1.20. The van der Waals surface area contributed by atoms with Crippen molar-refractivity contribution < 1.29 is 9.35 Å². The Kier molecular flexibility index (Phi) is 4.71. The van der Waals surface area contributed by atoms with Crippen LogP contribution >= 0.6 is 0 Å². The Labute approximate surface area is 117 Å². The van der Waals surface area contributed by atoms with Crippen molar-refractivity contribution in [3.05, 3.63) is 24.3 Å². The SMILES string of the molecule is CN(C)c1ccc([S+]([O-])C2CCCCNC2=O)cc1. The lowest BCUT2D eigenvalue weighted by Crippen LogP contribution is -2.38. The lowest BCUT2D eigenvalue weighted by Gasteiger charge is -2.19. The van der Waals surface area contributed by atoms with Gasteiger partial charge in [-0.15, -0.1) is 0 Å². The maximum atomic E-state index is 12.5. The van der Waals surface area contributed by atoms with Gasteiger partial charge < -0.3 is 14.8 Å². The quantitative estimate of drug-likeness (QED) is 0.854. The van der Waals surface area contributed by atoms with Crippen LogP contribution in [0.15, 0.2) is 29.2 Å². The van der Waals surface area contributed by atoms with Crippen LogP contribution in [-0.4, -0.2) is 36.3 Å². The number of hydrogen-bond acceptors (Lipinski definition) is 3. The maximum absolute atomic E-state index is 12.5. The molecule has 0 aliphatic carbocycles. The van der Waals surface area contributed by atoms with Crippen molar-refractivity contribution in [3.8, 4) is 0 Å². The molecule has 2 atom stereocenters. The van der Waals surface area contributed by atoms with E-state index in [2.05, 4.69) is 5.32 Å². The van der Waals surface area contributed by atoms with Crippen LogP contribution in [0.3, 0.4) is 0 Å². The van der Waals surface area contributed by atoms with Gasteiger partial charge in [-0.1, -0.05) is 0 Å². The molecule has 1 fully saturated rings. The highest BCUT2D eigenvalue weighted by molar-refractivity contribution is 7.92. The van der Waals surface area contributed by atoms with E-state index in [0.29, 0.717) is 13.0 Å². The Bertz CT molecular complexity index is 434. The molecule has 4 nitrogen and oxygen atoms in total. The van der Waals surface area contributed by atoms with E-state index in [0.717, 1.165) is 23.4 Å². The van der Waals surface area contributed by atoms with Crippen molar-refractivity contribution in [2.24, 2.45) is 0 Å². The third-order valence-electron chi connectivity index (χ3n) is 3.33. The molecule has 1 aliphatic heterocycles. The topological polar surface area (TPSA) is 55.4 Å². The Balaban J connectivity index is 2.13. The Morgan fingerprint density at radius 1 is 1.26 bits per heavy atom. The molecule has 1 heterocycles. The second kappa shape index (κ2) is 6.30. The number of rotatable bonds is 3. The van der Waals surface area contributed by atoms with Crippen LogP contribution in [0.1, 0.15) is 19.3 Å². The zero-order chi connectivity index (χ0) is 13.8. The first-order valence-corrected chi connectivity index (χ1v) is 7.76. The molecule has 0 saturated carbocycles. The minimum atomic E-state index is -1.26. The fraction of sp³-hybridized carbons (Fsp3) is 0.500. The molecule has 2 rings (SSSR count). The second-order valence-electron chi connectivity index (χ2n) is 4.96. The van der Waals surface area contributed by atoms with Crippen molar-refractivity contribution in [3.63, 3.8) is 0 Å². The average Bonchev–Trinajstić information content (AvgIpc) is 2.63. The third-order valence-corrected chi connectivity index (χ3v) is 5.03. The lowest BCUT2D eigenvalue weighted by molar-refractivity contribution is -0.120. The van der Waals surface area contributed by atoms with E-state index in [1.54, 1.807) is 0 Å². The predicted molar refractivity (Wildman–Crippen MR) is 77.8 cm³/mol. The maximum Gasteiger partial charge on any atom is 0.273 e. The third kappa shape index (κ3) is 3.42. The molecule has 19 heavy (non-hydrogen) atoms. The first kappa shape index (κ1) is 14.2. The molecular weight excluding hydrogens is 260 g/mol. The van der Waals surface area contributed by atoms with Gasteiger partial charge in [0.25, 0.3) is 5.91 Å². The lowest BCUT2D eigenvalue weighted by atomic mass is 10.2. The van der Waals surface area contributed by atoms with Gasteiger partial charge in [0.2, 0.25) is 0 Å². The van der Waals surface area contributed by atoms with Crippen LogP contribution in [-0.2, 0) is 16.0 Å². The minimum absolute atomic E-state index is 0.0764. The highest BCUT2D eigenvalue weighted by Crippen LogP contribution is 2.23. The molecule has 1 saturated heterocycles. The van der Waals surface area contributed by atoms with E-state index in [-0.39, 0.29) is 5.91 Å². The van der Waals surface area contributed by atoms with Gasteiger partial charge in [0, 0.05) is 32.7 Å². The van der Waals surface area contributed by atoms with E-state index in [1.165, 1.54) is 0 Å². The first-order chi connectivity index (χ1) is 9.09. The molecule has 1 N–H and O–H groups in total. The molecule has 104 valence electrons. The zero-order valence-electron chi connectivity index (χ0n) is 11.4. The van der Waals surface area contributed by atoms with Gasteiger partial charge in [0.1, 0.15) is 0 Å². The normalized spacial score (nSPS) is 21.4. The predicted octanol–water partition coefficient (Wildman–Crippen LogP) is 1.53. The summed E-state index contributed by atoms with van der Waals surface area (Å²) in [5, 5.41) is 2.43. The largest absolute Gasteiger partial charge is 0.611 e. The van der Waals surface area contributed by atoms with Crippen molar-refractivity contribution in [1.29, 1.82) is 0 Å². The molecule has 1 aromatic rings. The molecule has 2 unspecified atom stereocenters. The number of nitrogens with one attached hydrogen (secondary N) is 1. The summed E-state index contributed by atoms with van der Waals surface area (Å²) in [5.74, 6) is -0.0764. The summed E-state index contributed by atoms with van der Waals surface area (Å²) >= 11 is -1.26. The fourth-order valence-corrected chi connectivity index (χ4v) is 3.55. The Morgan fingerprint density at radius 2 is 1.95 bits per heavy atom. The van der Waals surface area contributed by atoms with Crippen molar-refractivity contribution in [2.45, 2.75) is 29.4 Å². The van der Waals surface area contributed by atoms with Crippen LogP contribution in [0.25, 0.3) is 0 Å². The standard InChI is InChI=1S/C14H20N2O2S/c1-16(2)11-6-8-12(9-7-11)19(18)13-5-3-4-10-15-14(13)17/h6-9,13H,3-5,10H2,1-2H3,(H,15,17). The number of carbonyl (C=O) groups is 1. The summed E-state index contributed by atoms with van der Waals surface area (Å²) in [6.45, 7) is 0.700. The molecular formula is C14H20N2O2S. The van der Waals surface area contributed by atoms with Crippen LogP contribution in [0.4, 0.5) is 5.69 Å². The number of amides is 1. The molecule has 0 radical (unpaired) electrons.